The van der Waals surface area contributed by atoms with E-state index in [1.165, 1.54) is 6.07 Å². The normalized spacial score (nSPS) is 16.3. The summed E-state index contributed by atoms with van der Waals surface area (Å²) in [7, 11) is 1.55. The molecule has 2 rings (SSSR count). The highest BCUT2D eigenvalue weighted by molar-refractivity contribution is 9.10. The van der Waals surface area contributed by atoms with Crippen LogP contribution in [0.15, 0.2) is 16.6 Å². The van der Waals surface area contributed by atoms with Gasteiger partial charge in [-0.2, -0.15) is 0 Å². The van der Waals surface area contributed by atoms with Gasteiger partial charge in [0, 0.05) is 38.3 Å². The Morgan fingerprint density at radius 1 is 1.38 bits per heavy atom. The minimum Gasteiger partial charge on any atom is -0.497 e. The van der Waals surface area contributed by atoms with Crippen molar-refractivity contribution in [1.82, 2.24) is 5.32 Å². The number of anilines is 1. The highest BCUT2D eigenvalue weighted by Gasteiger charge is 2.17. The zero-order valence-corrected chi connectivity index (χ0v) is 10.7. The third-order valence-electron chi connectivity index (χ3n) is 2.68. The number of rotatable bonds is 2. The SMILES string of the molecule is COc1cc(F)c(Br)c(N2CCNCC2)c1. The van der Waals surface area contributed by atoms with Gasteiger partial charge in [0.05, 0.1) is 17.3 Å². The second-order valence-corrected chi connectivity index (χ2v) is 4.47. The zero-order chi connectivity index (χ0) is 11.5. The lowest BCUT2D eigenvalue weighted by molar-refractivity contribution is 0.410. The number of nitrogens with one attached hydrogen (secondary N) is 1. The molecule has 0 bridgehead atoms. The third-order valence-corrected chi connectivity index (χ3v) is 3.46. The number of piperazine rings is 1. The predicted molar refractivity (Wildman–Crippen MR) is 65.7 cm³/mol. The average Bonchev–Trinajstić information content (AvgIpc) is 2.33. The Balaban J connectivity index is 2.33. The van der Waals surface area contributed by atoms with E-state index in [-0.39, 0.29) is 5.82 Å². The molecule has 3 nitrogen and oxygen atoms in total. The lowest BCUT2D eigenvalue weighted by Crippen LogP contribution is -2.43. The first-order valence-corrected chi connectivity index (χ1v) is 6.00. The van der Waals surface area contributed by atoms with Gasteiger partial charge in [0.1, 0.15) is 11.6 Å². The van der Waals surface area contributed by atoms with Gasteiger partial charge in [0.15, 0.2) is 0 Å². The molecule has 0 unspecified atom stereocenters. The summed E-state index contributed by atoms with van der Waals surface area (Å²) in [6, 6.07) is 3.24. The molecule has 0 atom stereocenters. The van der Waals surface area contributed by atoms with Crippen molar-refractivity contribution in [3.63, 3.8) is 0 Å². The van der Waals surface area contributed by atoms with Gasteiger partial charge in [-0.05, 0) is 15.9 Å². The Morgan fingerprint density at radius 2 is 2.06 bits per heavy atom. The number of ether oxygens (including phenoxy) is 1. The van der Waals surface area contributed by atoms with E-state index in [0.29, 0.717) is 10.2 Å². The molecule has 1 aromatic carbocycles. The summed E-state index contributed by atoms with van der Waals surface area (Å²) in [5, 5.41) is 3.27. The van der Waals surface area contributed by atoms with Gasteiger partial charge in [-0.1, -0.05) is 0 Å². The van der Waals surface area contributed by atoms with Crippen molar-refractivity contribution in [3.05, 3.63) is 22.4 Å². The third kappa shape index (κ3) is 2.30. The van der Waals surface area contributed by atoms with E-state index < -0.39 is 0 Å². The van der Waals surface area contributed by atoms with Gasteiger partial charge in [0.25, 0.3) is 0 Å². The first-order chi connectivity index (χ1) is 7.72. The Kier molecular flexibility index (Phi) is 3.66. The molecule has 1 saturated heterocycles. The first-order valence-electron chi connectivity index (χ1n) is 5.21. The molecule has 1 fully saturated rings. The Bertz CT molecular complexity index is 380. The van der Waals surface area contributed by atoms with Crippen LogP contribution in [0, 0.1) is 5.82 Å². The van der Waals surface area contributed by atoms with Crippen molar-refractivity contribution >= 4 is 21.6 Å². The lowest BCUT2D eigenvalue weighted by atomic mass is 10.2. The van der Waals surface area contributed by atoms with Gasteiger partial charge in [0.2, 0.25) is 0 Å². The molecule has 0 aliphatic carbocycles. The van der Waals surface area contributed by atoms with E-state index >= 15 is 0 Å². The fraction of sp³-hybridized carbons (Fsp3) is 0.455. The quantitative estimate of drug-likeness (QED) is 0.901. The van der Waals surface area contributed by atoms with Crippen molar-refractivity contribution < 1.29 is 9.13 Å². The molecule has 1 aromatic rings. The smallest absolute Gasteiger partial charge is 0.143 e. The lowest BCUT2D eigenvalue weighted by Gasteiger charge is -2.30. The van der Waals surface area contributed by atoms with Crippen LogP contribution in [0.25, 0.3) is 0 Å². The summed E-state index contributed by atoms with van der Waals surface area (Å²) in [5.41, 5.74) is 0.860. The summed E-state index contributed by atoms with van der Waals surface area (Å²) in [6.07, 6.45) is 0. The number of hydrogen-bond acceptors (Lipinski definition) is 3. The molecule has 0 amide bonds. The zero-order valence-electron chi connectivity index (χ0n) is 9.09. The van der Waals surface area contributed by atoms with Crippen LogP contribution in [0.5, 0.6) is 5.75 Å². The van der Waals surface area contributed by atoms with Crippen molar-refractivity contribution in [1.29, 1.82) is 0 Å². The molecule has 1 heterocycles. The summed E-state index contributed by atoms with van der Waals surface area (Å²) in [5.74, 6) is 0.266. The Hall–Kier alpha value is -0.810. The molecule has 0 aromatic heterocycles. The van der Waals surface area contributed by atoms with E-state index in [9.17, 15) is 4.39 Å². The Morgan fingerprint density at radius 3 is 2.69 bits per heavy atom. The monoisotopic (exact) mass is 288 g/mol. The second-order valence-electron chi connectivity index (χ2n) is 3.68. The summed E-state index contributed by atoms with van der Waals surface area (Å²) in [6.45, 7) is 3.60. The molecule has 0 spiro atoms. The molecule has 88 valence electrons. The number of hydrogen-bond donors (Lipinski definition) is 1. The van der Waals surface area contributed by atoms with Crippen LogP contribution in [-0.2, 0) is 0 Å². The molecule has 1 aliphatic heterocycles. The van der Waals surface area contributed by atoms with Gasteiger partial charge in [-0.25, -0.2) is 4.39 Å². The van der Waals surface area contributed by atoms with E-state index in [1.54, 1.807) is 7.11 Å². The minimum atomic E-state index is -0.284. The molecule has 1 N–H and O–H groups in total. The second kappa shape index (κ2) is 5.01. The van der Waals surface area contributed by atoms with E-state index in [2.05, 4.69) is 26.1 Å². The first kappa shape index (κ1) is 11.7. The van der Waals surface area contributed by atoms with E-state index in [1.807, 2.05) is 6.07 Å². The molecule has 0 saturated carbocycles. The maximum atomic E-state index is 13.6. The highest BCUT2D eigenvalue weighted by atomic mass is 79.9. The summed E-state index contributed by atoms with van der Waals surface area (Å²) < 4.78 is 19.2. The summed E-state index contributed by atoms with van der Waals surface area (Å²) in [4.78, 5) is 2.15. The molecule has 16 heavy (non-hydrogen) atoms. The molecule has 5 heteroatoms. The highest BCUT2D eigenvalue weighted by Crippen LogP contribution is 2.33. The molecule has 0 radical (unpaired) electrons. The van der Waals surface area contributed by atoms with Crippen LogP contribution in [0.1, 0.15) is 0 Å². The van der Waals surface area contributed by atoms with Gasteiger partial charge >= 0.3 is 0 Å². The number of nitrogens with zero attached hydrogens (tertiary/aromatic N) is 1. The average molecular weight is 289 g/mol. The maximum Gasteiger partial charge on any atom is 0.143 e. The van der Waals surface area contributed by atoms with Gasteiger partial charge in [-0.3, -0.25) is 0 Å². The fourth-order valence-corrected chi connectivity index (χ4v) is 2.28. The number of benzene rings is 1. The topological polar surface area (TPSA) is 24.5 Å². The van der Waals surface area contributed by atoms with Crippen LogP contribution in [-0.4, -0.2) is 33.3 Å². The predicted octanol–water partition coefficient (Wildman–Crippen LogP) is 2.01. The largest absolute Gasteiger partial charge is 0.497 e. The van der Waals surface area contributed by atoms with Gasteiger partial charge in [-0.15, -0.1) is 0 Å². The van der Waals surface area contributed by atoms with E-state index in [0.717, 1.165) is 31.9 Å². The van der Waals surface area contributed by atoms with Crippen LogP contribution in [0.4, 0.5) is 10.1 Å². The van der Waals surface area contributed by atoms with Crippen molar-refractivity contribution in [2.24, 2.45) is 0 Å². The summed E-state index contributed by atoms with van der Waals surface area (Å²) >= 11 is 3.29. The Labute approximate surface area is 103 Å². The van der Waals surface area contributed by atoms with Crippen LogP contribution < -0.4 is 15.0 Å². The fourth-order valence-electron chi connectivity index (χ4n) is 1.80. The van der Waals surface area contributed by atoms with Crippen LogP contribution in [0.3, 0.4) is 0 Å². The number of halogens is 2. The van der Waals surface area contributed by atoms with Crippen LogP contribution >= 0.6 is 15.9 Å². The molecular weight excluding hydrogens is 275 g/mol. The molecular formula is C11H14BrFN2O. The standard InChI is InChI=1S/C11H14BrFN2O/c1-16-8-6-9(13)11(12)10(7-8)15-4-2-14-3-5-15/h6-7,14H,2-5H2,1H3. The van der Waals surface area contributed by atoms with Crippen molar-refractivity contribution in [2.75, 3.05) is 38.2 Å². The van der Waals surface area contributed by atoms with Crippen molar-refractivity contribution in [2.45, 2.75) is 0 Å². The van der Waals surface area contributed by atoms with E-state index in [4.69, 9.17) is 4.74 Å². The van der Waals surface area contributed by atoms with Gasteiger partial charge < -0.3 is 15.0 Å². The van der Waals surface area contributed by atoms with Crippen molar-refractivity contribution in [3.8, 4) is 5.75 Å². The van der Waals surface area contributed by atoms with Crippen LogP contribution in [0.2, 0.25) is 0 Å². The number of methoxy groups -OCH3 is 1. The maximum absolute atomic E-state index is 13.6. The minimum absolute atomic E-state index is 0.284. The molecule has 1 aliphatic rings.